The van der Waals surface area contributed by atoms with Crippen LogP contribution in [-0.4, -0.2) is 103 Å². The van der Waals surface area contributed by atoms with Crippen LogP contribution >= 0.6 is 0 Å². The normalized spacial score (nSPS) is 25.4. The lowest BCUT2D eigenvalue weighted by Gasteiger charge is -2.41. The fourth-order valence-corrected chi connectivity index (χ4v) is 9.85. The zero-order valence-corrected chi connectivity index (χ0v) is 27.2. The van der Waals surface area contributed by atoms with Gasteiger partial charge in [-0.05, 0) is 86.8 Å². The highest BCUT2D eigenvalue weighted by Crippen LogP contribution is 2.40. The van der Waals surface area contributed by atoms with E-state index in [9.17, 15) is 13.5 Å². The fraction of sp³-hybridized carbons (Fsp3) is 0.471. The first-order chi connectivity index (χ1) is 22.7. The number of hydrogen-bond donors (Lipinski definition) is 3. The molecule has 4 aromatic rings. The lowest BCUT2D eigenvalue weighted by Crippen LogP contribution is -2.59. The molecule has 0 radical (unpaired) electrons. The Morgan fingerprint density at radius 1 is 1.02 bits per heavy atom. The van der Waals surface area contributed by atoms with Crippen molar-refractivity contribution in [2.45, 2.75) is 56.3 Å². The lowest BCUT2D eigenvalue weighted by atomic mass is 9.96. The van der Waals surface area contributed by atoms with Crippen LogP contribution < -0.4 is 19.7 Å². The molecule has 4 aliphatic heterocycles. The van der Waals surface area contributed by atoms with Crippen LogP contribution in [0.15, 0.2) is 48.5 Å². The molecule has 2 bridgehead atoms. The van der Waals surface area contributed by atoms with E-state index in [1.54, 1.807) is 22.5 Å². The van der Waals surface area contributed by atoms with Crippen molar-refractivity contribution in [3.63, 3.8) is 0 Å². The summed E-state index contributed by atoms with van der Waals surface area (Å²) < 4.78 is 54.6. The second kappa shape index (κ2) is 12.1. The quantitative estimate of drug-likeness (QED) is 0.260. The largest absolute Gasteiger partial charge is 0.508 e. The number of anilines is 1. The van der Waals surface area contributed by atoms with Gasteiger partial charge in [-0.15, -0.1) is 0 Å². The molecule has 1 aromatic heterocycles. The molecule has 3 N–H and O–H groups in total. The number of benzene rings is 3. The summed E-state index contributed by atoms with van der Waals surface area (Å²) in [5.41, 5.74) is 1.02. The second-order valence-corrected chi connectivity index (χ2v) is 15.0. The molecule has 2 unspecified atom stereocenters. The summed E-state index contributed by atoms with van der Waals surface area (Å²) in [4.78, 5) is 13.8. The number of nitrogens with zero attached hydrogens (tertiary/aromatic N) is 5. The number of halogens is 1. The maximum Gasteiger partial charge on any atom is 0.319 e. The number of rotatable bonds is 8. The van der Waals surface area contributed by atoms with Crippen LogP contribution in [-0.2, 0) is 10.2 Å². The van der Waals surface area contributed by atoms with E-state index in [0.717, 1.165) is 56.0 Å². The van der Waals surface area contributed by atoms with Crippen LogP contribution in [0, 0.1) is 5.82 Å². The molecule has 11 nitrogen and oxygen atoms in total. The maximum absolute atomic E-state index is 16.8. The van der Waals surface area contributed by atoms with Crippen molar-refractivity contribution >= 4 is 37.7 Å². The molecular weight excluding hydrogens is 621 g/mol. The zero-order chi connectivity index (χ0) is 32.3. The molecule has 5 heterocycles. The van der Waals surface area contributed by atoms with Gasteiger partial charge >= 0.3 is 6.01 Å². The van der Waals surface area contributed by atoms with Crippen molar-refractivity contribution in [1.82, 2.24) is 29.2 Å². The van der Waals surface area contributed by atoms with Crippen LogP contribution in [0.2, 0.25) is 0 Å². The number of phenolic OH excluding ortho intramolecular Hbond substituents is 1. The van der Waals surface area contributed by atoms with Crippen molar-refractivity contribution in [2.75, 3.05) is 51.3 Å². The topological polar surface area (TPSA) is 123 Å². The molecule has 4 aliphatic rings. The first kappa shape index (κ1) is 30.7. The molecule has 13 heteroatoms. The Labute approximate surface area is 273 Å². The van der Waals surface area contributed by atoms with E-state index >= 15 is 4.39 Å². The Morgan fingerprint density at radius 3 is 2.57 bits per heavy atom. The average molecular weight is 662 g/mol. The van der Waals surface area contributed by atoms with E-state index in [1.807, 2.05) is 30.3 Å². The first-order valence-electron chi connectivity index (χ1n) is 16.6. The third-order valence-corrected chi connectivity index (χ3v) is 12.1. The van der Waals surface area contributed by atoms with Gasteiger partial charge in [-0.1, -0.05) is 30.3 Å². The van der Waals surface area contributed by atoms with Crippen LogP contribution in [0.1, 0.15) is 32.1 Å². The summed E-state index contributed by atoms with van der Waals surface area (Å²) in [6.07, 6.45) is 4.35. The Bertz CT molecular complexity index is 1930. The average Bonchev–Trinajstić information content (AvgIpc) is 3.79. The summed E-state index contributed by atoms with van der Waals surface area (Å²) in [7, 11) is -1.60. The summed E-state index contributed by atoms with van der Waals surface area (Å²) in [6.45, 7) is 3.67. The zero-order valence-electron chi connectivity index (χ0n) is 26.4. The summed E-state index contributed by atoms with van der Waals surface area (Å²) in [6, 6.07) is 14.1. The Balaban J connectivity index is 1.18. The van der Waals surface area contributed by atoms with Crippen LogP contribution in [0.5, 0.6) is 11.8 Å². The molecule has 0 aliphatic carbocycles. The van der Waals surface area contributed by atoms with E-state index in [0.29, 0.717) is 48.6 Å². The first-order valence-corrected chi connectivity index (χ1v) is 18.0. The number of phenols is 1. The number of piperazine rings is 1. The monoisotopic (exact) mass is 661 g/mol. The van der Waals surface area contributed by atoms with Gasteiger partial charge in [0, 0.05) is 54.8 Å². The van der Waals surface area contributed by atoms with E-state index in [4.69, 9.17) is 9.72 Å². The van der Waals surface area contributed by atoms with Crippen molar-refractivity contribution in [1.29, 1.82) is 0 Å². The number of ether oxygens (including phenoxy) is 1. The predicted molar refractivity (Wildman–Crippen MR) is 179 cm³/mol. The Morgan fingerprint density at radius 2 is 1.83 bits per heavy atom. The minimum absolute atomic E-state index is 0.0493. The number of nitrogens with one attached hydrogen (secondary N) is 2. The van der Waals surface area contributed by atoms with E-state index in [1.165, 1.54) is 0 Å². The third-order valence-electron chi connectivity index (χ3n) is 10.3. The Kier molecular flexibility index (Phi) is 7.92. The number of aromatic nitrogens is 2. The molecular formula is C34H40FN7O4S. The number of likely N-dealkylation sites (N-methyl/N-ethyl adjacent to an activating group) is 1. The molecule has 8 rings (SSSR count). The molecule has 0 amide bonds. The van der Waals surface area contributed by atoms with Crippen LogP contribution in [0.3, 0.4) is 0 Å². The SMILES string of the molecule is CN1CCC[C@H]1COc1nc(N2CC3CCC(C2)N3S(=O)(=O)N[C@@H]2CCNC2)c2ccc(-c3cc(O)cc4ccccc34)c(F)c2n1. The maximum atomic E-state index is 16.8. The van der Waals surface area contributed by atoms with E-state index < -0.39 is 16.0 Å². The summed E-state index contributed by atoms with van der Waals surface area (Å²) in [5.74, 6) is 0.0643. The molecule has 4 atom stereocenters. The van der Waals surface area contributed by atoms with Gasteiger partial charge in [0.2, 0.25) is 0 Å². The Hall–Kier alpha value is -3.62. The standard InChI is InChI=1S/C34H40FN7O4S/c1-40-14-4-6-25(40)20-46-34-37-32-29(11-10-28(31(32)35)30-16-26(43)15-21-5-2-3-7-27(21)30)33(38-34)41-18-23-8-9-24(19-41)42(23)47(44,45)39-22-12-13-36-17-22/h2-3,5,7,10-11,15-16,22-25,36,39,43H,4,6,8-9,12-14,17-20H2,1H3/t22-,23?,24?,25+/m1/s1. The minimum Gasteiger partial charge on any atom is -0.508 e. The second-order valence-electron chi connectivity index (χ2n) is 13.4. The molecule has 3 aromatic carbocycles. The van der Waals surface area contributed by atoms with Gasteiger partial charge in [-0.2, -0.15) is 27.4 Å². The highest BCUT2D eigenvalue weighted by molar-refractivity contribution is 7.87. The fourth-order valence-electron chi connectivity index (χ4n) is 7.97. The lowest BCUT2D eigenvalue weighted by molar-refractivity contribution is 0.188. The third kappa shape index (κ3) is 5.67. The van der Waals surface area contributed by atoms with Gasteiger partial charge in [0.25, 0.3) is 10.2 Å². The van der Waals surface area contributed by atoms with Gasteiger partial charge in [0.15, 0.2) is 5.82 Å². The summed E-state index contributed by atoms with van der Waals surface area (Å²) >= 11 is 0. The summed E-state index contributed by atoms with van der Waals surface area (Å²) in [5, 5.41) is 15.9. The molecule has 47 heavy (non-hydrogen) atoms. The van der Waals surface area contributed by atoms with Gasteiger partial charge in [0.1, 0.15) is 23.7 Å². The van der Waals surface area contributed by atoms with Gasteiger partial charge < -0.3 is 25.0 Å². The van der Waals surface area contributed by atoms with Crippen LogP contribution in [0.25, 0.3) is 32.8 Å². The van der Waals surface area contributed by atoms with Crippen molar-refractivity contribution in [3.8, 4) is 22.9 Å². The number of likely N-dealkylation sites (tertiary alicyclic amines) is 1. The minimum atomic E-state index is -3.67. The smallest absolute Gasteiger partial charge is 0.319 e. The molecule has 248 valence electrons. The van der Waals surface area contributed by atoms with Crippen LogP contribution in [0.4, 0.5) is 10.2 Å². The molecule has 4 fully saturated rings. The van der Waals surface area contributed by atoms with Crippen molar-refractivity contribution < 1.29 is 22.7 Å². The number of aromatic hydroxyl groups is 1. The predicted octanol–water partition coefficient (Wildman–Crippen LogP) is 3.62. The highest BCUT2D eigenvalue weighted by Gasteiger charge is 2.47. The molecule has 0 saturated carbocycles. The highest BCUT2D eigenvalue weighted by atomic mass is 32.2. The van der Waals surface area contributed by atoms with E-state index in [-0.39, 0.29) is 41.4 Å². The molecule has 0 spiro atoms. The number of hydrogen-bond acceptors (Lipinski definition) is 9. The van der Waals surface area contributed by atoms with Gasteiger partial charge in [0.05, 0.1) is 0 Å². The number of fused-ring (bicyclic) bond motifs is 4. The van der Waals surface area contributed by atoms with E-state index in [2.05, 4.69) is 31.9 Å². The van der Waals surface area contributed by atoms with Crippen molar-refractivity contribution in [2.24, 2.45) is 0 Å². The van der Waals surface area contributed by atoms with Crippen molar-refractivity contribution in [3.05, 3.63) is 54.3 Å². The van der Waals surface area contributed by atoms with Gasteiger partial charge in [-0.25, -0.2) is 4.39 Å². The molecule has 4 saturated heterocycles. The van der Waals surface area contributed by atoms with Gasteiger partial charge in [-0.3, -0.25) is 0 Å².